The highest BCUT2D eigenvalue weighted by Gasteiger charge is 2.22. The molecule has 2 unspecified atom stereocenters. The van der Waals surface area contributed by atoms with Gasteiger partial charge in [0.25, 0.3) is 0 Å². The largest absolute Gasteiger partial charge is 0.333 e. The minimum Gasteiger partial charge on any atom is -0.333 e. The number of rotatable bonds is 1. The Morgan fingerprint density at radius 1 is 1.44 bits per heavy atom. The van der Waals surface area contributed by atoms with Crippen LogP contribution in [-0.4, -0.2) is 27.1 Å². The summed E-state index contributed by atoms with van der Waals surface area (Å²) in [5, 5.41) is 0. The molecular formula is C12H19N3S. The Morgan fingerprint density at radius 3 is 3.19 bits per heavy atom. The Bertz CT molecular complexity index is 368. The van der Waals surface area contributed by atoms with E-state index in [2.05, 4.69) is 22.5 Å². The highest BCUT2D eigenvalue weighted by Crippen LogP contribution is 2.31. The standard InChI is InChI=1S/C12H19N3S/c13-10-3-4-12-14-11(7-15(12)6-10)9-2-1-5-16-8-9/h7,9-10H,1-6,8,13H2. The molecular weight excluding hydrogens is 218 g/mol. The predicted octanol–water partition coefficient (Wildman–Crippen LogP) is 1.77. The van der Waals surface area contributed by atoms with Crippen molar-refractivity contribution in [3.63, 3.8) is 0 Å². The second-order valence-corrected chi connectivity index (χ2v) is 6.10. The Hall–Kier alpha value is -0.480. The molecule has 2 N–H and O–H groups in total. The Morgan fingerprint density at radius 2 is 2.38 bits per heavy atom. The molecule has 1 aromatic rings. The summed E-state index contributed by atoms with van der Waals surface area (Å²) in [6.07, 6.45) is 7.06. The summed E-state index contributed by atoms with van der Waals surface area (Å²) < 4.78 is 2.28. The van der Waals surface area contributed by atoms with Gasteiger partial charge in [-0.3, -0.25) is 0 Å². The lowest BCUT2D eigenvalue weighted by atomic mass is 10.0. The first-order chi connectivity index (χ1) is 7.83. The fourth-order valence-electron chi connectivity index (χ4n) is 2.66. The second kappa shape index (κ2) is 4.41. The van der Waals surface area contributed by atoms with E-state index in [0.29, 0.717) is 12.0 Å². The van der Waals surface area contributed by atoms with Crippen LogP contribution in [-0.2, 0) is 13.0 Å². The van der Waals surface area contributed by atoms with Crippen molar-refractivity contribution < 1.29 is 0 Å². The maximum atomic E-state index is 5.98. The molecule has 0 radical (unpaired) electrons. The molecule has 16 heavy (non-hydrogen) atoms. The van der Waals surface area contributed by atoms with E-state index >= 15 is 0 Å². The van der Waals surface area contributed by atoms with Gasteiger partial charge in [-0.05, 0) is 25.0 Å². The SMILES string of the molecule is NC1CCc2nc(C3CCCSC3)cn2C1. The first-order valence-corrected chi connectivity index (χ1v) is 7.37. The van der Waals surface area contributed by atoms with Gasteiger partial charge in [0, 0.05) is 36.9 Å². The topological polar surface area (TPSA) is 43.8 Å². The van der Waals surface area contributed by atoms with Crippen molar-refractivity contribution >= 4 is 11.8 Å². The predicted molar refractivity (Wildman–Crippen MR) is 67.8 cm³/mol. The summed E-state index contributed by atoms with van der Waals surface area (Å²) >= 11 is 2.07. The van der Waals surface area contributed by atoms with Crippen molar-refractivity contribution in [2.75, 3.05) is 11.5 Å². The van der Waals surface area contributed by atoms with Crippen LogP contribution < -0.4 is 5.73 Å². The minimum atomic E-state index is 0.329. The second-order valence-electron chi connectivity index (χ2n) is 4.95. The minimum absolute atomic E-state index is 0.329. The van der Waals surface area contributed by atoms with Crippen molar-refractivity contribution in [3.8, 4) is 0 Å². The smallest absolute Gasteiger partial charge is 0.109 e. The molecule has 0 aliphatic carbocycles. The van der Waals surface area contributed by atoms with Crippen LogP contribution in [0.2, 0.25) is 0 Å². The molecule has 0 saturated carbocycles. The Balaban J connectivity index is 1.80. The van der Waals surface area contributed by atoms with Crippen molar-refractivity contribution in [3.05, 3.63) is 17.7 Å². The lowest BCUT2D eigenvalue weighted by molar-refractivity contribution is 0.453. The van der Waals surface area contributed by atoms with Gasteiger partial charge in [-0.25, -0.2) is 4.98 Å². The number of aromatic nitrogens is 2. The molecule has 4 heteroatoms. The third kappa shape index (κ3) is 2.00. The number of fused-ring (bicyclic) bond motifs is 1. The normalized spacial score (nSPS) is 30.1. The number of nitrogens with zero attached hydrogens (tertiary/aromatic N) is 2. The molecule has 3 nitrogen and oxygen atoms in total. The van der Waals surface area contributed by atoms with E-state index < -0.39 is 0 Å². The van der Waals surface area contributed by atoms with E-state index in [-0.39, 0.29) is 0 Å². The third-order valence-electron chi connectivity index (χ3n) is 3.63. The van der Waals surface area contributed by atoms with Gasteiger partial charge in [-0.2, -0.15) is 11.8 Å². The molecule has 1 fully saturated rings. The van der Waals surface area contributed by atoms with Gasteiger partial charge in [0.05, 0.1) is 5.69 Å². The molecule has 0 amide bonds. The summed E-state index contributed by atoms with van der Waals surface area (Å²) in [6.45, 7) is 0.961. The number of nitrogens with two attached hydrogens (primary N) is 1. The number of imidazole rings is 1. The fraction of sp³-hybridized carbons (Fsp3) is 0.750. The maximum Gasteiger partial charge on any atom is 0.109 e. The molecule has 88 valence electrons. The van der Waals surface area contributed by atoms with E-state index in [1.54, 1.807) is 0 Å². The van der Waals surface area contributed by atoms with Gasteiger partial charge in [0.15, 0.2) is 0 Å². The third-order valence-corrected chi connectivity index (χ3v) is 4.84. The molecule has 1 aromatic heterocycles. The van der Waals surface area contributed by atoms with Gasteiger partial charge >= 0.3 is 0 Å². The Labute approximate surface area is 101 Å². The van der Waals surface area contributed by atoms with Gasteiger partial charge in [-0.1, -0.05) is 0 Å². The first kappa shape index (κ1) is 10.7. The quantitative estimate of drug-likeness (QED) is 0.809. The van der Waals surface area contributed by atoms with E-state index in [4.69, 9.17) is 10.7 Å². The summed E-state index contributed by atoms with van der Waals surface area (Å²) in [7, 11) is 0. The number of hydrogen-bond acceptors (Lipinski definition) is 3. The van der Waals surface area contributed by atoms with Crippen LogP contribution in [0.15, 0.2) is 6.20 Å². The van der Waals surface area contributed by atoms with Gasteiger partial charge < -0.3 is 10.3 Å². The zero-order chi connectivity index (χ0) is 11.0. The molecule has 3 rings (SSSR count). The molecule has 2 aliphatic heterocycles. The average Bonchev–Trinajstić information content (AvgIpc) is 2.73. The van der Waals surface area contributed by atoms with Gasteiger partial charge in [-0.15, -0.1) is 0 Å². The van der Waals surface area contributed by atoms with Crippen molar-refractivity contribution in [2.45, 2.75) is 44.2 Å². The monoisotopic (exact) mass is 237 g/mol. The molecule has 2 aliphatic rings. The van der Waals surface area contributed by atoms with Gasteiger partial charge in [0.1, 0.15) is 5.82 Å². The number of thioether (sulfide) groups is 1. The summed E-state index contributed by atoms with van der Waals surface area (Å²) in [6, 6.07) is 0.329. The fourth-order valence-corrected chi connectivity index (χ4v) is 3.82. The summed E-state index contributed by atoms with van der Waals surface area (Å²) in [5.41, 5.74) is 7.30. The van der Waals surface area contributed by atoms with E-state index in [0.717, 1.165) is 19.4 Å². The van der Waals surface area contributed by atoms with Crippen molar-refractivity contribution in [2.24, 2.45) is 5.73 Å². The number of hydrogen-bond donors (Lipinski definition) is 1. The highest BCUT2D eigenvalue weighted by atomic mass is 32.2. The molecule has 3 heterocycles. The van der Waals surface area contributed by atoms with Crippen LogP contribution in [0, 0.1) is 0 Å². The molecule has 0 bridgehead atoms. The Kier molecular flexibility index (Phi) is 2.94. The average molecular weight is 237 g/mol. The van der Waals surface area contributed by atoms with E-state index in [9.17, 15) is 0 Å². The van der Waals surface area contributed by atoms with Crippen LogP contribution in [0.3, 0.4) is 0 Å². The lowest BCUT2D eigenvalue weighted by Gasteiger charge is -2.19. The molecule has 1 saturated heterocycles. The van der Waals surface area contributed by atoms with Crippen LogP contribution in [0.1, 0.15) is 36.7 Å². The molecule has 0 spiro atoms. The van der Waals surface area contributed by atoms with E-state index in [1.807, 2.05) is 0 Å². The van der Waals surface area contributed by atoms with Crippen LogP contribution in [0.25, 0.3) is 0 Å². The van der Waals surface area contributed by atoms with Crippen molar-refractivity contribution in [1.82, 2.24) is 9.55 Å². The van der Waals surface area contributed by atoms with Crippen LogP contribution in [0.5, 0.6) is 0 Å². The lowest BCUT2D eigenvalue weighted by Crippen LogP contribution is -2.31. The summed E-state index contributed by atoms with van der Waals surface area (Å²) in [5.74, 6) is 4.53. The van der Waals surface area contributed by atoms with Crippen molar-refractivity contribution in [1.29, 1.82) is 0 Å². The van der Waals surface area contributed by atoms with E-state index in [1.165, 1.54) is 35.9 Å². The zero-order valence-corrected chi connectivity index (χ0v) is 10.4. The highest BCUT2D eigenvalue weighted by molar-refractivity contribution is 7.99. The van der Waals surface area contributed by atoms with Gasteiger partial charge in [0.2, 0.25) is 0 Å². The number of aryl methyl sites for hydroxylation is 1. The zero-order valence-electron chi connectivity index (χ0n) is 9.56. The molecule has 0 aromatic carbocycles. The van der Waals surface area contributed by atoms with Crippen LogP contribution >= 0.6 is 11.8 Å². The van der Waals surface area contributed by atoms with Crippen LogP contribution in [0.4, 0.5) is 0 Å². The summed E-state index contributed by atoms with van der Waals surface area (Å²) in [4.78, 5) is 4.80. The molecule has 2 atom stereocenters. The maximum absolute atomic E-state index is 5.98. The first-order valence-electron chi connectivity index (χ1n) is 6.22.